The van der Waals surface area contributed by atoms with Gasteiger partial charge in [-0.05, 0) is 12.8 Å². The number of nitrogens with zero attached hydrogens (tertiary/aromatic N) is 2. The minimum absolute atomic E-state index is 0.0177. The van der Waals surface area contributed by atoms with Gasteiger partial charge >= 0.3 is 0 Å². The maximum Gasteiger partial charge on any atom is 0.220 e. The Kier molecular flexibility index (Phi) is 6.39. The third-order valence-electron chi connectivity index (χ3n) is 4.21. The van der Waals surface area contributed by atoms with E-state index in [-0.39, 0.29) is 18.0 Å². The molecule has 22 heavy (non-hydrogen) atoms. The highest BCUT2D eigenvalue weighted by molar-refractivity contribution is 5.77. The molecule has 2 heterocycles. The van der Waals surface area contributed by atoms with Crippen molar-refractivity contribution in [1.82, 2.24) is 20.4 Å². The van der Waals surface area contributed by atoms with Gasteiger partial charge in [0.1, 0.15) is 0 Å². The van der Waals surface area contributed by atoms with Gasteiger partial charge in [-0.2, -0.15) is 5.10 Å². The molecule has 1 aliphatic heterocycles. The van der Waals surface area contributed by atoms with E-state index in [0.717, 1.165) is 18.4 Å². The molecule has 0 aromatic carbocycles. The fraction of sp³-hybridized carbons (Fsp3) is 0.750. The predicted molar refractivity (Wildman–Crippen MR) is 85.4 cm³/mol. The van der Waals surface area contributed by atoms with Crippen molar-refractivity contribution in [3.63, 3.8) is 0 Å². The van der Waals surface area contributed by atoms with Crippen molar-refractivity contribution in [3.8, 4) is 0 Å². The van der Waals surface area contributed by atoms with Gasteiger partial charge in [-0.1, -0.05) is 19.8 Å². The average Bonchev–Trinajstić information content (AvgIpc) is 2.93. The van der Waals surface area contributed by atoms with Crippen molar-refractivity contribution in [2.75, 3.05) is 13.7 Å². The fourth-order valence-corrected chi connectivity index (χ4v) is 3.06. The van der Waals surface area contributed by atoms with Gasteiger partial charge in [0.15, 0.2) is 0 Å². The summed E-state index contributed by atoms with van der Waals surface area (Å²) in [5, 5.41) is 11.0. The van der Waals surface area contributed by atoms with Gasteiger partial charge < -0.3 is 15.4 Å². The Morgan fingerprint density at radius 2 is 2.41 bits per heavy atom. The number of unbranched alkanes of at least 4 members (excludes halogenated alkanes) is 1. The maximum atomic E-state index is 11.8. The Morgan fingerprint density at radius 3 is 3.05 bits per heavy atom. The third kappa shape index (κ3) is 4.55. The highest BCUT2D eigenvalue weighted by Crippen LogP contribution is 2.24. The second kappa shape index (κ2) is 8.29. The summed E-state index contributed by atoms with van der Waals surface area (Å²) in [7, 11) is 3.63. The molecule has 0 unspecified atom stereocenters. The standard InChI is InChI=1S/C16H28N4O2/c1-4-5-6-13(11-22-3)18-14-7-8-15(21)19-16(14)12-9-17-20(2)10-12/h9-10,13-14,16,18H,4-8,11H2,1-3H3,(H,19,21)/t13-,14-,16+/m1/s1. The van der Waals surface area contributed by atoms with Crippen LogP contribution in [0.25, 0.3) is 0 Å². The number of hydrogen-bond acceptors (Lipinski definition) is 4. The van der Waals surface area contributed by atoms with Crippen molar-refractivity contribution >= 4 is 5.91 Å². The second-order valence-electron chi connectivity index (χ2n) is 6.10. The molecule has 6 heteroatoms. The Bertz CT molecular complexity index is 474. The zero-order valence-corrected chi connectivity index (χ0v) is 13.8. The molecule has 6 nitrogen and oxygen atoms in total. The van der Waals surface area contributed by atoms with Crippen LogP contribution in [0.5, 0.6) is 0 Å². The monoisotopic (exact) mass is 308 g/mol. The van der Waals surface area contributed by atoms with Crippen LogP contribution < -0.4 is 10.6 Å². The number of rotatable bonds is 8. The first kappa shape index (κ1) is 17.0. The number of amides is 1. The van der Waals surface area contributed by atoms with Crippen LogP contribution in [0.1, 0.15) is 50.6 Å². The van der Waals surface area contributed by atoms with Gasteiger partial charge in [0.05, 0.1) is 18.8 Å². The topological polar surface area (TPSA) is 68.2 Å². The summed E-state index contributed by atoms with van der Waals surface area (Å²) in [4.78, 5) is 11.8. The van der Waals surface area contributed by atoms with E-state index in [2.05, 4.69) is 22.7 Å². The Hall–Kier alpha value is -1.40. The van der Waals surface area contributed by atoms with Crippen LogP contribution >= 0.6 is 0 Å². The van der Waals surface area contributed by atoms with Crippen LogP contribution in [0.15, 0.2) is 12.4 Å². The smallest absolute Gasteiger partial charge is 0.220 e. The number of methoxy groups -OCH3 is 1. The zero-order chi connectivity index (χ0) is 15.9. The largest absolute Gasteiger partial charge is 0.383 e. The van der Waals surface area contributed by atoms with Gasteiger partial charge in [0, 0.05) is 44.4 Å². The number of hydrogen-bond donors (Lipinski definition) is 2. The summed E-state index contributed by atoms with van der Waals surface area (Å²) in [6.07, 6.45) is 8.67. The molecular weight excluding hydrogens is 280 g/mol. The Morgan fingerprint density at radius 1 is 1.59 bits per heavy atom. The van der Waals surface area contributed by atoms with Gasteiger partial charge in [0.2, 0.25) is 5.91 Å². The highest BCUT2D eigenvalue weighted by atomic mass is 16.5. The van der Waals surface area contributed by atoms with Crippen molar-refractivity contribution in [3.05, 3.63) is 18.0 Å². The van der Waals surface area contributed by atoms with E-state index in [4.69, 9.17) is 4.74 Å². The number of ether oxygens (including phenoxy) is 1. The first-order chi connectivity index (χ1) is 10.6. The Balaban J connectivity index is 2.06. The van der Waals surface area contributed by atoms with E-state index in [0.29, 0.717) is 19.1 Å². The van der Waals surface area contributed by atoms with E-state index >= 15 is 0 Å². The molecule has 124 valence electrons. The van der Waals surface area contributed by atoms with Gasteiger partial charge in [-0.25, -0.2) is 0 Å². The predicted octanol–water partition coefficient (Wildman–Crippen LogP) is 1.53. The number of carbonyl (C=O) groups is 1. The SMILES string of the molecule is CCCC[C@H](COC)N[C@@H]1CCC(=O)N[C@H]1c1cnn(C)c1. The quantitative estimate of drug-likeness (QED) is 0.764. The summed E-state index contributed by atoms with van der Waals surface area (Å²) >= 11 is 0. The maximum absolute atomic E-state index is 11.8. The molecule has 1 aliphatic rings. The molecule has 2 rings (SSSR count). The number of aryl methyl sites for hydroxylation is 1. The number of aromatic nitrogens is 2. The van der Waals surface area contributed by atoms with Crippen LogP contribution in [0, 0.1) is 0 Å². The molecule has 1 saturated heterocycles. The molecule has 1 aromatic rings. The molecule has 1 amide bonds. The second-order valence-corrected chi connectivity index (χ2v) is 6.10. The summed E-state index contributed by atoms with van der Waals surface area (Å²) in [6.45, 7) is 2.90. The number of carbonyl (C=O) groups excluding carboxylic acids is 1. The molecule has 0 radical (unpaired) electrons. The molecule has 0 spiro atoms. The molecular formula is C16H28N4O2. The van der Waals surface area contributed by atoms with Crippen molar-refractivity contribution in [2.24, 2.45) is 7.05 Å². The molecule has 2 N–H and O–H groups in total. The van der Waals surface area contributed by atoms with Crippen LogP contribution in [0.2, 0.25) is 0 Å². The molecule has 1 fully saturated rings. The van der Waals surface area contributed by atoms with E-state index in [9.17, 15) is 4.79 Å². The lowest BCUT2D eigenvalue weighted by Gasteiger charge is -2.35. The summed E-state index contributed by atoms with van der Waals surface area (Å²) < 4.78 is 7.12. The summed E-state index contributed by atoms with van der Waals surface area (Å²) in [6, 6.07) is 0.527. The molecule has 0 bridgehead atoms. The third-order valence-corrected chi connectivity index (χ3v) is 4.21. The average molecular weight is 308 g/mol. The lowest BCUT2D eigenvalue weighted by molar-refractivity contribution is -0.124. The van der Waals surface area contributed by atoms with E-state index in [1.807, 2.05) is 19.4 Å². The van der Waals surface area contributed by atoms with Crippen LogP contribution in [-0.4, -0.2) is 41.5 Å². The van der Waals surface area contributed by atoms with Crippen molar-refractivity contribution in [1.29, 1.82) is 0 Å². The summed E-state index contributed by atoms with van der Waals surface area (Å²) in [5.41, 5.74) is 1.06. The normalized spacial score (nSPS) is 23.3. The van der Waals surface area contributed by atoms with Gasteiger partial charge in [-0.3, -0.25) is 9.48 Å². The highest BCUT2D eigenvalue weighted by Gasteiger charge is 2.31. The number of nitrogens with one attached hydrogen (secondary N) is 2. The Labute approximate surface area is 132 Å². The lowest BCUT2D eigenvalue weighted by atomic mass is 9.92. The minimum Gasteiger partial charge on any atom is -0.383 e. The fourth-order valence-electron chi connectivity index (χ4n) is 3.06. The first-order valence-electron chi connectivity index (χ1n) is 8.17. The van der Waals surface area contributed by atoms with E-state index < -0.39 is 0 Å². The van der Waals surface area contributed by atoms with Gasteiger partial charge in [0.25, 0.3) is 0 Å². The van der Waals surface area contributed by atoms with Crippen molar-refractivity contribution in [2.45, 2.75) is 57.2 Å². The van der Waals surface area contributed by atoms with E-state index in [1.54, 1.807) is 11.8 Å². The van der Waals surface area contributed by atoms with Crippen molar-refractivity contribution < 1.29 is 9.53 Å². The summed E-state index contributed by atoms with van der Waals surface area (Å²) in [5.74, 6) is 0.115. The van der Waals surface area contributed by atoms with Crippen LogP contribution in [0.3, 0.4) is 0 Å². The zero-order valence-electron chi connectivity index (χ0n) is 13.8. The molecule has 1 aromatic heterocycles. The van der Waals surface area contributed by atoms with Gasteiger partial charge in [-0.15, -0.1) is 0 Å². The van der Waals surface area contributed by atoms with Crippen LogP contribution in [0.4, 0.5) is 0 Å². The van der Waals surface area contributed by atoms with E-state index in [1.165, 1.54) is 12.8 Å². The molecule has 3 atom stereocenters. The van der Waals surface area contributed by atoms with Crippen LogP contribution in [-0.2, 0) is 16.6 Å². The number of piperidine rings is 1. The minimum atomic E-state index is -0.0177. The molecule has 0 aliphatic carbocycles. The lowest BCUT2D eigenvalue weighted by Crippen LogP contribution is -2.52. The first-order valence-corrected chi connectivity index (χ1v) is 8.17. The molecule has 0 saturated carbocycles.